The van der Waals surface area contributed by atoms with Crippen LogP contribution in [0.5, 0.6) is 11.6 Å². The minimum atomic E-state index is -0.615. The maximum atomic E-state index is 12.1. The second kappa shape index (κ2) is 8.33. The first-order valence-corrected chi connectivity index (χ1v) is 8.46. The van der Waals surface area contributed by atoms with Gasteiger partial charge in [-0.2, -0.15) is 0 Å². The molecule has 0 unspecified atom stereocenters. The van der Waals surface area contributed by atoms with Gasteiger partial charge in [0.1, 0.15) is 5.75 Å². The van der Waals surface area contributed by atoms with Crippen molar-refractivity contribution in [2.45, 2.75) is 6.92 Å². The number of amides is 3. The monoisotopic (exact) mass is 381 g/mol. The summed E-state index contributed by atoms with van der Waals surface area (Å²) in [5.41, 5.74) is 1.76. The van der Waals surface area contributed by atoms with Crippen molar-refractivity contribution in [1.82, 2.24) is 10.3 Å². The van der Waals surface area contributed by atoms with Crippen molar-refractivity contribution in [1.29, 1.82) is 0 Å². The Morgan fingerprint density at radius 1 is 1.00 bits per heavy atom. The summed E-state index contributed by atoms with van der Waals surface area (Å²) in [6, 6.07) is 16.4. The van der Waals surface area contributed by atoms with E-state index in [-0.39, 0.29) is 0 Å². The van der Waals surface area contributed by atoms with Crippen LogP contribution in [0.25, 0.3) is 0 Å². The van der Waals surface area contributed by atoms with Crippen LogP contribution >= 0.6 is 11.6 Å². The molecule has 6 nitrogen and oxygen atoms in total. The predicted molar refractivity (Wildman–Crippen MR) is 103 cm³/mol. The zero-order chi connectivity index (χ0) is 19.2. The molecule has 0 atom stereocenters. The number of hydrogen-bond donors (Lipinski definition) is 2. The number of pyridine rings is 1. The molecule has 0 aliphatic heterocycles. The number of hydrogen-bond acceptors (Lipinski definition) is 4. The van der Waals surface area contributed by atoms with Crippen molar-refractivity contribution >= 4 is 29.2 Å². The molecular formula is C20H16ClN3O3. The minimum Gasteiger partial charge on any atom is -0.439 e. The average Bonchev–Trinajstić information content (AvgIpc) is 2.65. The number of carbonyl (C=O) groups is 2. The van der Waals surface area contributed by atoms with Gasteiger partial charge in [0, 0.05) is 23.5 Å². The van der Waals surface area contributed by atoms with E-state index in [0.29, 0.717) is 27.9 Å². The van der Waals surface area contributed by atoms with E-state index < -0.39 is 11.9 Å². The van der Waals surface area contributed by atoms with Gasteiger partial charge < -0.3 is 10.1 Å². The Hall–Kier alpha value is -3.38. The second-order valence-electron chi connectivity index (χ2n) is 5.66. The summed E-state index contributed by atoms with van der Waals surface area (Å²) >= 11 is 5.78. The third kappa shape index (κ3) is 5.05. The zero-order valence-corrected chi connectivity index (χ0v) is 15.2. The highest BCUT2D eigenvalue weighted by Gasteiger charge is 2.12. The number of imide groups is 1. The van der Waals surface area contributed by atoms with E-state index in [9.17, 15) is 9.59 Å². The van der Waals surface area contributed by atoms with Crippen LogP contribution in [0.4, 0.5) is 10.5 Å². The summed E-state index contributed by atoms with van der Waals surface area (Å²) in [5, 5.41) is 5.43. The fourth-order valence-electron chi connectivity index (χ4n) is 2.31. The highest BCUT2D eigenvalue weighted by molar-refractivity contribution is 6.30. The highest BCUT2D eigenvalue weighted by atomic mass is 35.5. The lowest BCUT2D eigenvalue weighted by atomic mass is 10.1. The van der Waals surface area contributed by atoms with Gasteiger partial charge in [-0.1, -0.05) is 29.8 Å². The van der Waals surface area contributed by atoms with Crippen LogP contribution in [0.3, 0.4) is 0 Å². The van der Waals surface area contributed by atoms with Crippen molar-refractivity contribution in [3.63, 3.8) is 0 Å². The Bertz CT molecular complexity index is 957. The van der Waals surface area contributed by atoms with Gasteiger partial charge in [-0.05, 0) is 48.9 Å². The lowest BCUT2D eigenvalue weighted by Crippen LogP contribution is -2.34. The lowest BCUT2D eigenvalue weighted by Gasteiger charge is -2.09. The molecule has 0 radical (unpaired) electrons. The zero-order valence-electron chi connectivity index (χ0n) is 14.4. The molecule has 0 aliphatic rings. The van der Waals surface area contributed by atoms with Gasteiger partial charge in [-0.3, -0.25) is 10.1 Å². The van der Waals surface area contributed by atoms with Crippen molar-refractivity contribution < 1.29 is 14.3 Å². The first kappa shape index (κ1) is 18.4. The minimum absolute atomic E-state index is 0.404. The first-order valence-electron chi connectivity index (χ1n) is 8.09. The van der Waals surface area contributed by atoms with Crippen LogP contribution in [0, 0.1) is 6.92 Å². The Labute approximate surface area is 161 Å². The molecule has 3 rings (SSSR count). The maximum Gasteiger partial charge on any atom is 0.326 e. The van der Waals surface area contributed by atoms with Gasteiger partial charge >= 0.3 is 6.03 Å². The van der Waals surface area contributed by atoms with E-state index in [0.717, 1.165) is 5.56 Å². The highest BCUT2D eigenvalue weighted by Crippen LogP contribution is 2.22. The number of rotatable bonds is 4. The molecule has 0 bridgehead atoms. The molecule has 0 fully saturated rings. The number of halogens is 1. The predicted octanol–water partition coefficient (Wildman–Crippen LogP) is 4.80. The lowest BCUT2D eigenvalue weighted by molar-refractivity contribution is 0.0966. The van der Waals surface area contributed by atoms with E-state index in [1.165, 1.54) is 6.20 Å². The molecule has 0 spiro atoms. The number of ether oxygens (including phenoxy) is 1. The number of carbonyl (C=O) groups excluding carboxylic acids is 2. The maximum absolute atomic E-state index is 12.1. The van der Waals surface area contributed by atoms with E-state index in [4.69, 9.17) is 16.3 Å². The summed E-state index contributed by atoms with van der Waals surface area (Å²) in [6.07, 6.45) is 1.49. The molecule has 0 saturated heterocycles. The molecule has 1 heterocycles. The molecule has 3 aromatic rings. The Morgan fingerprint density at radius 3 is 2.41 bits per heavy atom. The molecule has 0 aliphatic carbocycles. The standard InChI is InChI=1S/C20H16ClN3O3/c1-13-4-2-3-5-17(13)19(25)24-20(26)23-15-7-9-16(10-8-15)27-18-11-6-14(21)12-22-18/h2-12H,1H3,(H2,23,24,25,26). The topological polar surface area (TPSA) is 80.3 Å². The normalized spacial score (nSPS) is 10.1. The Morgan fingerprint density at radius 2 is 1.74 bits per heavy atom. The molecule has 2 aromatic carbocycles. The summed E-state index contributed by atoms with van der Waals surface area (Å²) in [7, 11) is 0. The van der Waals surface area contributed by atoms with Crippen molar-refractivity contribution in [2.75, 3.05) is 5.32 Å². The first-order chi connectivity index (χ1) is 13.0. The number of nitrogens with zero attached hydrogens (tertiary/aromatic N) is 1. The van der Waals surface area contributed by atoms with Crippen LogP contribution in [-0.4, -0.2) is 16.9 Å². The van der Waals surface area contributed by atoms with Crippen LogP contribution in [0.1, 0.15) is 15.9 Å². The van der Waals surface area contributed by atoms with E-state index in [2.05, 4.69) is 15.6 Å². The van der Waals surface area contributed by atoms with Gasteiger partial charge in [-0.25, -0.2) is 9.78 Å². The molecular weight excluding hydrogens is 366 g/mol. The fourth-order valence-corrected chi connectivity index (χ4v) is 2.42. The molecule has 2 N–H and O–H groups in total. The van der Waals surface area contributed by atoms with Gasteiger partial charge in [0.25, 0.3) is 5.91 Å². The van der Waals surface area contributed by atoms with Crippen LogP contribution < -0.4 is 15.4 Å². The summed E-state index contributed by atoms with van der Waals surface area (Å²) in [6.45, 7) is 1.81. The smallest absolute Gasteiger partial charge is 0.326 e. The molecule has 0 saturated carbocycles. The SMILES string of the molecule is Cc1ccccc1C(=O)NC(=O)Nc1ccc(Oc2ccc(Cl)cn2)cc1. The quantitative estimate of drug-likeness (QED) is 0.680. The number of aryl methyl sites for hydroxylation is 1. The largest absolute Gasteiger partial charge is 0.439 e. The van der Waals surface area contributed by atoms with Crippen molar-refractivity contribution in [3.05, 3.63) is 83.0 Å². The van der Waals surface area contributed by atoms with Crippen LogP contribution in [0.15, 0.2) is 66.9 Å². The van der Waals surface area contributed by atoms with E-state index in [1.54, 1.807) is 61.5 Å². The molecule has 7 heteroatoms. The third-order valence-corrected chi connectivity index (χ3v) is 3.88. The summed E-state index contributed by atoms with van der Waals surface area (Å²) < 4.78 is 5.58. The van der Waals surface area contributed by atoms with Crippen LogP contribution in [0.2, 0.25) is 5.02 Å². The van der Waals surface area contributed by atoms with Gasteiger partial charge in [0.2, 0.25) is 5.88 Å². The fraction of sp³-hybridized carbons (Fsp3) is 0.0500. The van der Waals surface area contributed by atoms with Gasteiger partial charge in [0.05, 0.1) is 5.02 Å². The average molecular weight is 382 g/mol. The molecule has 27 heavy (non-hydrogen) atoms. The van der Waals surface area contributed by atoms with Crippen molar-refractivity contribution in [3.8, 4) is 11.6 Å². The second-order valence-corrected chi connectivity index (χ2v) is 6.10. The summed E-state index contributed by atoms with van der Waals surface area (Å²) in [5.74, 6) is 0.493. The van der Waals surface area contributed by atoms with Crippen molar-refractivity contribution in [2.24, 2.45) is 0 Å². The number of aromatic nitrogens is 1. The molecule has 3 amide bonds. The van der Waals surface area contributed by atoms with E-state index in [1.807, 2.05) is 6.07 Å². The number of benzene rings is 2. The van der Waals surface area contributed by atoms with Crippen LogP contribution in [-0.2, 0) is 0 Å². The number of anilines is 1. The van der Waals surface area contributed by atoms with Gasteiger partial charge in [0.15, 0.2) is 0 Å². The Kier molecular flexibility index (Phi) is 5.68. The number of urea groups is 1. The Balaban J connectivity index is 1.57. The van der Waals surface area contributed by atoms with E-state index >= 15 is 0 Å². The molecule has 1 aromatic heterocycles. The third-order valence-electron chi connectivity index (χ3n) is 3.65. The summed E-state index contributed by atoms with van der Waals surface area (Å²) in [4.78, 5) is 28.2. The van der Waals surface area contributed by atoms with Gasteiger partial charge in [-0.15, -0.1) is 0 Å². The number of nitrogens with one attached hydrogen (secondary N) is 2. The molecule has 136 valence electrons.